The number of sulfonamides is 1. The number of hydrogen-bond acceptors (Lipinski definition) is 5. The zero-order chi connectivity index (χ0) is 19.3. The lowest BCUT2D eigenvalue weighted by molar-refractivity contribution is 0.0947. The van der Waals surface area contributed by atoms with E-state index in [1.54, 1.807) is 36.4 Å². The molecule has 0 aliphatic rings. The molecule has 2 aromatic carbocycles. The van der Waals surface area contributed by atoms with Crippen molar-refractivity contribution in [2.24, 2.45) is 0 Å². The average molecular weight is 378 g/mol. The maximum Gasteiger partial charge on any atom is 0.255 e. The van der Waals surface area contributed by atoms with E-state index in [1.807, 2.05) is 0 Å². The number of ether oxygens (including phenoxy) is 2. The van der Waals surface area contributed by atoms with E-state index >= 15 is 0 Å². The van der Waals surface area contributed by atoms with Crippen molar-refractivity contribution in [3.05, 3.63) is 53.6 Å². The molecule has 0 aliphatic carbocycles. The normalized spacial score (nSPS) is 11.3. The second-order valence-electron chi connectivity index (χ2n) is 5.62. The maximum absolute atomic E-state index is 12.6. The summed E-state index contributed by atoms with van der Waals surface area (Å²) < 4.78 is 36.4. The standard InChI is InChI=1S/C18H22N2O5S/c1-20(2)26(22,23)16-11-6-5-8-13(16)12-19-18(21)14-9-7-10-15(24-3)17(14)25-4/h5-11H,12H2,1-4H3,(H,19,21). The van der Waals surface area contributed by atoms with Crippen molar-refractivity contribution < 1.29 is 22.7 Å². The molecule has 7 nitrogen and oxygen atoms in total. The monoisotopic (exact) mass is 378 g/mol. The Kier molecular flexibility index (Phi) is 6.23. The third-order valence-electron chi connectivity index (χ3n) is 3.82. The van der Waals surface area contributed by atoms with Crippen LogP contribution in [0.5, 0.6) is 11.5 Å². The number of methoxy groups -OCH3 is 2. The average Bonchev–Trinajstić information content (AvgIpc) is 2.65. The van der Waals surface area contributed by atoms with Gasteiger partial charge in [-0.1, -0.05) is 24.3 Å². The fourth-order valence-corrected chi connectivity index (χ4v) is 3.55. The summed E-state index contributed by atoms with van der Waals surface area (Å²) in [5.74, 6) is 0.371. The number of amides is 1. The lowest BCUT2D eigenvalue weighted by Gasteiger charge is -2.16. The molecule has 0 heterocycles. The predicted molar refractivity (Wildman–Crippen MR) is 98.0 cm³/mol. The topological polar surface area (TPSA) is 84.9 Å². The van der Waals surface area contributed by atoms with E-state index in [2.05, 4.69) is 5.32 Å². The molecule has 0 spiro atoms. The van der Waals surface area contributed by atoms with E-state index in [1.165, 1.54) is 34.4 Å². The van der Waals surface area contributed by atoms with Crippen LogP contribution in [-0.2, 0) is 16.6 Å². The van der Waals surface area contributed by atoms with Gasteiger partial charge >= 0.3 is 0 Å². The van der Waals surface area contributed by atoms with Crippen LogP contribution < -0.4 is 14.8 Å². The molecule has 8 heteroatoms. The second kappa shape index (κ2) is 8.20. The molecule has 2 aromatic rings. The molecular formula is C18H22N2O5S. The van der Waals surface area contributed by atoms with Crippen molar-refractivity contribution >= 4 is 15.9 Å². The molecule has 0 unspecified atom stereocenters. The number of rotatable bonds is 7. The highest BCUT2D eigenvalue weighted by molar-refractivity contribution is 7.89. The van der Waals surface area contributed by atoms with Gasteiger partial charge in [0.2, 0.25) is 10.0 Å². The summed E-state index contributed by atoms with van der Waals surface area (Å²) in [6.45, 7) is 0.0580. The molecule has 0 atom stereocenters. The highest BCUT2D eigenvalue weighted by Gasteiger charge is 2.22. The SMILES string of the molecule is COc1cccc(C(=O)NCc2ccccc2S(=O)(=O)N(C)C)c1OC. The fraction of sp³-hybridized carbons (Fsp3) is 0.278. The Bertz CT molecular complexity index is 894. The van der Waals surface area contributed by atoms with Crippen molar-refractivity contribution in [2.45, 2.75) is 11.4 Å². The van der Waals surface area contributed by atoms with Gasteiger partial charge in [0, 0.05) is 20.6 Å². The number of carbonyl (C=O) groups is 1. The molecular weight excluding hydrogens is 356 g/mol. The zero-order valence-corrected chi connectivity index (χ0v) is 16.0. The number of nitrogens with zero attached hydrogens (tertiary/aromatic N) is 1. The number of carbonyl (C=O) groups excluding carboxylic acids is 1. The van der Waals surface area contributed by atoms with Crippen molar-refractivity contribution in [3.8, 4) is 11.5 Å². The molecule has 0 saturated heterocycles. The van der Waals surface area contributed by atoms with Gasteiger partial charge in [0.1, 0.15) is 0 Å². The summed E-state index contributed by atoms with van der Waals surface area (Å²) in [6, 6.07) is 11.5. The van der Waals surface area contributed by atoms with Gasteiger partial charge in [-0.3, -0.25) is 4.79 Å². The van der Waals surface area contributed by atoms with Crippen LogP contribution >= 0.6 is 0 Å². The maximum atomic E-state index is 12.6. The summed E-state index contributed by atoms with van der Waals surface area (Å²) in [7, 11) is 2.26. The van der Waals surface area contributed by atoms with Crippen molar-refractivity contribution in [1.29, 1.82) is 0 Å². The van der Waals surface area contributed by atoms with Crippen LogP contribution in [0.15, 0.2) is 47.4 Å². The summed E-state index contributed by atoms with van der Waals surface area (Å²) in [6.07, 6.45) is 0. The van der Waals surface area contributed by atoms with Crippen LogP contribution in [-0.4, -0.2) is 46.9 Å². The van der Waals surface area contributed by atoms with Gasteiger partial charge in [-0.25, -0.2) is 12.7 Å². The lowest BCUT2D eigenvalue weighted by Crippen LogP contribution is -2.27. The van der Waals surface area contributed by atoms with Gasteiger partial charge in [-0.05, 0) is 23.8 Å². The number of benzene rings is 2. The van der Waals surface area contributed by atoms with Gasteiger partial charge < -0.3 is 14.8 Å². The van der Waals surface area contributed by atoms with Crippen LogP contribution in [0.1, 0.15) is 15.9 Å². The summed E-state index contributed by atoms with van der Waals surface area (Å²) in [4.78, 5) is 12.7. The number of nitrogens with one attached hydrogen (secondary N) is 1. The molecule has 0 aliphatic heterocycles. The van der Waals surface area contributed by atoms with E-state index < -0.39 is 15.9 Å². The first-order chi connectivity index (χ1) is 12.3. The van der Waals surface area contributed by atoms with Crippen molar-refractivity contribution in [3.63, 3.8) is 0 Å². The first kappa shape index (κ1) is 19.7. The molecule has 140 valence electrons. The van der Waals surface area contributed by atoms with Crippen LogP contribution in [0.25, 0.3) is 0 Å². The Labute approximate surface area is 153 Å². The van der Waals surface area contributed by atoms with E-state index in [-0.39, 0.29) is 11.4 Å². The smallest absolute Gasteiger partial charge is 0.255 e. The third-order valence-corrected chi connectivity index (χ3v) is 5.73. The summed E-state index contributed by atoms with van der Waals surface area (Å²) in [5, 5.41) is 2.74. The fourth-order valence-electron chi connectivity index (χ4n) is 2.43. The third kappa shape index (κ3) is 3.97. The van der Waals surface area contributed by atoms with Crippen LogP contribution in [0.4, 0.5) is 0 Å². The molecule has 1 amide bonds. The molecule has 0 radical (unpaired) electrons. The molecule has 1 N–H and O–H groups in total. The highest BCUT2D eigenvalue weighted by atomic mass is 32.2. The van der Waals surface area contributed by atoms with Crippen LogP contribution in [0.3, 0.4) is 0 Å². The molecule has 26 heavy (non-hydrogen) atoms. The van der Waals surface area contributed by atoms with Crippen LogP contribution in [0, 0.1) is 0 Å². The minimum absolute atomic E-state index is 0.0580. The first-order valence-corrected chi connectivity index (χ1v) is 9.26. The van der Waals surface area contributed by atoms with Gasteiger partial charge in [-0.2, -0.15) is 0 Å². The Morgan fingerprint density at radius 3 is 2.35 bits per heavy atom. The quantitative estimate of drug-likeness (QED) is 0.795. The summed E-state index contributed by atoms with van der Waals surface area (Å²) in [5.41, 5.74) is 0.802. The van der Waals surface area contributed by atoms with E-state index in [4.69, 9.17) is 9.47 Å². The molecule has 0 aromatic heterocycles. The minimum Gasteiger partial charge on any atom is -0.493 e. The molecule has 0 fully saturated rings. The zero-order valence-electron chi connectivity index (χ0n) is 15.1. The number of hydrogen-bond donors (Lipinski definition) is 1. The van der Waals surface area contributed by atoms with E-state index in [9.17, 15) is 13.2 Å². The largest absolute Gasteiger partial charge is 0.493 e. The van der Waals surface area contributed by atoms with Gasteiger partial charge in [0.05, 0.1) is 24.7 Å². The molecule has 2 rings (SSSR count). The second-order valence-corrected chi connectivity index (χ2v) is 7.74. The number of para-hydroxylation sites is 1. The Morgan fingerprint density at radius 2 is 1.73 bits per heavy atom. The van der Waals surface area contributed by atoms with Crippen molar-refractivity contribution in [2.75, 3.05) is 28.3 Å². The van der Waals surface area contributed by atoms with Gasteiger partial charge in [0.25, 0.3) is 5.91 Å². The van der Waals surface area contributed by atoms with Crippen LogP contribution in [0.2, 0.25) is 0 Å². The summed E-state index contributed by atoms with van der Waals surface area (Å²) >= 11 is 0. The Morgan fingerprint density at radius 1 is 1.04 bits per heavy atom. The Balaban J connectivity index is 2.27. The van der Waals surface area contributed by atoms with E-state index in [0.717, 1.165) is 4.31 Å². The Hall–Kier alpha value is -2.58. The lowest BCUT2D eigenvalue weighted by atomic mass is 10.1. The highest BCUT2D eigenvalue weighted by Crippen LogP contribution is 2.30. The van der Waals surface area contributed by atoms with E-state index in [0.29, 0.717) is 22.6 Å². The first-order valence-electron chi connectivity index (χ1n) is 7.82. The molecule has 0 bridgehead atoms. The van der Waals surface area contributed by atoms with Crippen molar-refractivity contribution in [1.82, 2.24) is 9.62 Å². The molecule has 0 saturated carbocycles. The van der Waals surface area contributed by atoms with Gasteiger partial charge in [0.15, 0.2) is 11.5 Å². The van der Waals surface area contributed by atoms with Gasteiger partial charge in [-0.15, -0.1) is 0 Å². The minimum atomic E-state index is -3.61. The predicted octanol–water partition coefficient (Wildman–Crippen LogP) is 1.88.